The highest BCUT2D eigenvalue weighted by molar-refractivity contribution is 6.62. The number of benzene rings is 1. The van der Waals surface area contributed by atoms with Crippen molar-refractivity contribution < 1.29 is 9.31 Å². The van der Waals surface area contributed by atoms with Crippen LogP contribution in [0.5, 0.6) is 0 Å². The highest BCUT2D eigenvalue weighted by Crippen LogP contribution is 2.36. The minimum atomic E-state index is -0.357. The van der Waals surface area contributed by atoms with Crippen molar-refractivity contribution in [1.29, 1.82) is 0 Å². The monoisotopic (exact) mass is 401 g/mol. The first kappa shape index (κ1) is 20.6. The second-order valence-electron chi connectivity index (χ2n) is 8.68. The van der Waals surface area contributed by atoms with E-state index in [1.165, 1.54) is 0 Å². The van der Waals surface area contributed by atoms with Crippen LogP contribution in [0.1, 0.15) is 39.1 Å². The minimum absolute atomic E-state index is 0.347. The number of aromatic nitrogens is 2. The Kier molecular flexibility index (Phi) is 5.63. The quantitative estimate of drug-likeness (QED) is 0.585. The summed E-state index contributed by atoms with van der Waals surface area (Å²) in [5.41, 5.74) is 3.47. The lowest BCUT2D eigenvalue weighted by molar-refractivity contribution is 0.00578. The molecule has 3 heterocycles. The molecule has 1 fully saturated rings. The number of anilines is 1. The third kappa shape index (κ3) is 4.40. The molecule has 3 aromatic rings. The molecule has 0 spiro atoms. The Bertz CT molecular complexity index is 905. The molecule has 0 saturated carbocycles. The van der Waals surface area contributed by atoms with Crippen LogP contribution in [0.25, 0.3) is 0 Å². The van der Waals surface area contributed by atoms with Gasteiger partial charge in [-0.25, -0.2) is 0 Å². The molecule has 0 N–H and O–H groups in total. The molecule has 1 aliphatic heterocycles. The van der Waals surface area contributed by atoms with Crippen molar-refractivity contribution in [2.75, 3.05) is 4.90 Å². The molecule has 1 aromatic carbocycles. The summed E-state index contributed by atoms with van der Waals surface area (Å²) in [4.78, 5) is 11.3. The molecule has 154 valence electrons. The molecule has 0 atom stereocenters. The van der Waals surface area contributed by atoms with Crippen LogP contribution in [-0.2, 0) is 22.4 Å². The van der Waals surface area contributed by atoms with Gasteiger partial charge in [0.05, 0.1) is 35.7 Å². The standard InChI is InChI=1S/C24H28BN3O2/c1-23(2)24(3,4)30-25(29-23)19-11-13-22(14-12-19)28(17-20-9-5-7-15-26-20)18-21-10-6-8-16-27-21/h5-16H,17-18H2,1-4H3. The van der Waals surface area contributed by atoms with Gasteiger partial charge in [0.25, 0.3) is 0 Å². The summed E-state index contributed by atoms with van der Waals surface area (Å²) in [5.74, 6) is 0. The summed E-state index contributed by atoms with van der Waals surface area (Å²) in [5, 5.41) is 0. The van der Waals surface area contributed by atoms with Crippen molar-refractivity contribution in [2.45, 2.75) is 52.0 Å². The molecule has 2 aromatic heterocycles. The fraction of sp³-hybridized carbons (Fsp3) is 0.333. The molecule has 0 bridgehead atoms. The van der Waals surface area contributed by atoms with Crippen LogP contribution in [0.4, 0.5) is 5.69 Å². The first-order chi connectivity index (χ1) is 14.3. The zero-order valence-corrected chi connectivity index (χ0v) is 18.1. The zero-order chi connectivity index (χ0) is 21.2. The molecular formula is C24H28BN3O2. The van der Waals surface area contributed by atoms with E-state index in [0.29, 0.717) is 13.1 Å². The van der Waals surface area contributed by atoms with Gasteiger partial charge in [-0.05, 0) is 69.6 Å². The summed E-state index contributed by atoms with van der Waals surface area (Å²) >= 11 is 0. The predicted molar refractivity (Wildman–Crippen MR) is 121 cm³/mol. The molecular weight excluding hydrogens is 373 g/mol. The van der Waals surface area contributed by atoms with Crippen molar-refractivity contribution in [3.8, 4) is 0 Å². The summed E-state index contributed by atoms with van der Waals surface area (Å²) < 4.78 is 12.4. The normalized spacial score (nSPS) is 17.1. The number of nitrogens with zero attached hydrogens (tertiary/aromatic N) is 3. The number of pyridine rings is 2. The highest BCUT2D eigenvalue weighted by Gasteiger charge is 2.51. The van der Waals surface area contributed by atoms with Crippen LogP contribution < -0.4 is 10.4 Å². The summed E-state index contributed by atoms with van der Waals surface area (Å²) in [6.45, 7) is 9.69. The number of hydrogen-bond acceptors (Lipinski definition) is 5. The van der Waals surface area contributed by atoms with E-state index in [-0.39, 0.29) is 18.3 Å². The lowest BCUT2D eigenvalue weighted by atomic mass is 9.79. The van der Waals surface area contributed by atoms with Crippen LogP contribution in [0, 0.1) is 0 Å². The van der Waals surface area contributed by atoms with Gasteiger partial charge < -0.3 is 14.2 Å². The maximum Gasteiger partial charge on any atom is 0.494 e. The van der Waals surface area contributed by atoms with Crippen molar-refractivity contribution in [1.82, 2.24) is 9.97 Å². The Labute approximate surface area is 179 Å². The lowest BCUT2D eigenvalue weighted by Gasteiger charge is -2.32. The molecule has 0 aliphatic carbocycles. The molecule has 0 unspecified atom stereocenters. The summed E-state index contributed by atoms with van der Waals surface area (Å²) in [6, 6.07) is 20.4. The van der Waals surface area contributed by atoms with E-state index in [0.717, 1.165) is 22.5 Å². The van der Waals surface area contributed by atoms with Crippen LogP contribution in [0.3, 0.4) is 0 Å². The van der Waals surface area contributed by atoms with E-state index in [1.807, 2.05) is 48.8 Å². The van der Waals surface area contributed by atoms with Gasteiger partial charge in [-0.2, -0.15) is 0 Å². The first-order valence-corrected chi connectivity index (χ1v) is 10.3. The molecule has 0 amide bonds. The van der Waals surface area contributed by atoms with E-state index in [1.54, 1.807) is 0 Å². The average molecular weight is 401 g/mol. The van der Waals surface area contributed by atoms with Crippen molar-refractivity contribution >= 4 is 18.3 Å². The number of hydrogen-bond donors (Lipinski definition) is 0. The minimum Gasteiger partial charge on any atom is -0.399 e. The van der Waals surface area contributed by atoms with Crippen LogP contribution in [0.2, 0.25) is 0 Å². The summed E-state index contributed by atoms with van der Waals surface area (Å²) in [7, 11) is -0.357. The maximum absolute atomic E-state index is 6.19. The number of rotatable bonds is 6. The Morgan fingerprint density at radius 2 is 1.23 bits per heavy atom. The average Bonchev–Trinajstić information content (AvgIpc) is 2.96. The third-order valence-electron chi connectivity index (χ3n) is 5.94. The molecule has 30 heavy (non-hydrogen) atoms. The maximum atomic E-state index is 6.19. The Morgan fingerprint density at radius 1 is 0.733 bits per heavy atom. The second-order valence-corrected chi connectivity index (χ2v) is 8.68. The van der Waals surface area contributed by atoms with E-state index in [4.69, 9.17) is 9.31 Å². The van der Waals surface area contributed by atoms with Crippen molar-refractivity contribution in [3.05, 3.63) is 84.4 Å². The van der Waals surface area contributed by atoms with E-state index in [2.05, 4.69) is 66.8 Å². The van der Waals surface area contributed by atoms with E-state index >= 15 is 0 Å². The van der Waals surface area contributed by atoms with Gasteiger partial charge in [0.2, 0.25) is 0 Å². The van der Waals surface area contributed by atoms with Gasteiger partial charge >= 0.3 is 7.12 Å². The zero-order valence-electron chi connectivity index (χ0n) is 18.1. The van der Waals surface area contributed by atoms with E-state index < -0.39 is 0 Å². The largest absolute Gasteiger partial charge is 0.494 e. The Hall–Kier alpha value is -2.70. The van der Waals surface area contributed by atoms with Crippen LogP contribution >= 0.6 is 0 Å². The van der Waals surface area contributed by atoms with Gasteiger partial charge in [0.1, 0.15) is 0 Å². The third-order valence-corrected chi connectivity index (χ3v) is 5.94. The van der Waals surface area contributed by atoms with Gasteiger partial charge in [0, 0.05) is 18.1 Å². The Morgan fingerprint density at radius 3 is 1.67 bits per heavy atom. The molecule has 6 heteroatoms. The van der Waals surface area contributed by atoms with Crippen LogP contribution in [0.15, 0.2) is 73.1 Å². The second kappa shape index (κ2) is 8.21. The highest BCUT2D eigenvalue weighted by atomic mass is 16.7. The van der Waals surface area contributed by atoms with Gasteiger partial charge in [-0.3, -0.25) is 9.97 Å². The van der Waals surface area contributed by atoms with Gasteiger partial charge in [-0.1, -0.05) is 24.3 Å². The molecule has 4 rings (SSSR count). The van der Waals surface area contributed by atoms with Crippen molar-refractivity contribution in [2.24, 2.45) is 0 Å². The first-order valence-electron chi connectivity index (χ1n) is 10.3. The molecule has 0 radical (unpaired) electrons. The fourth-order valence-corrected chi connectivity index (χ4v) is 3.43. The molecule has 1 aliphatic rings. The fourth-order valence-electron chi connectivity index (χ4n) is 3.43. The topological polar surface area (TPSA) is 47.5 Å². The smallest absolute Gasteiger partial charge is 0.399 e. The molecule has 5 nitrogen and oxygen atoms in total. The Balaban J connectivity index is 1.56. The van der Waals surface area contributed by atoms with Gasteiger partial charge in [0.15, 0.2) is 0 Å². The van der Waals surface area contributed by atoms with E-state index in [9.17, 15) is 0 Å². The van der Waals surface area contributed by atoms with Gasteiger partial charge in [-0.15, -0.1) is 0 Å². The SMILES string of the molecule is CC1(C)OB(c2ccc(N(Cc3ccccn3)Cc3ccccn3)cc2)OC1(C)C. The predicted octanol–water partition coefficient (Wildman–Crippen LogP) is 3.98. The lowest BCUT2D eigenvalue weighted by Crippen LogP contribution is -2.41. The summed E-state index contributed by atoms with van der Waals surface area (Å²) in [6.07, 6.45) is 3.66. The van der Waals surface area contributed by atoms with Crippen molar-refractivity contribution in [3.63, 3.8) is 0 Å². The van der Waals surface area contributed by atoms with Crippen LogP contribution in [-0.4, -0.2) is 28.3 Å². The molecule has 1 saturated heterocycles.